The largest absolute Gasteiger partial charge is 0.497 e. The van der Waals surface area contributed by atoms with E-state index < -0.39 is 20.0 Å². The second-order valence-corrected chi connectivity index (χ2v) is 11.6. The number of nitrogens with one attached hydrogen (secondary N) is 1. The zero-order valence-corrected chi connectivity index (χ0v) is 20.6. The van der Waals surface area contributed by atoms with E-state index in [9.17, 15) is 16.8 Å². The molecule has 1 fully saturated rings. The van der Waals surface area contributed by atoms with E-state index in [0.717, 1.165) is 0 Å². The van der Waals surface area contributed by atoms with Crippen molar-refractivity contribution in [3.8, 4) is 5.75 Å². The first-order valence-corrected chi connectivity index (χ1v) is 13.6. The van der Waals surface area contributed by atoms with Gasteiger partial charge in [-0.15, -0.1) is 0 Å². The molecule has 0 spiro atoms. The summed E-state index contributed by atoms with van der Waals surface area (Å²) in [5.74, 6) is 1.20. The standard InChI is InChI=1S/C22H23ClN4O5S2/c1-32-19-5-9-20(10-6-19)33(28,29)25-18-4-11-22(24-16-18)26-12-14-27(15-13-26)34(30,31)21-7-2-17(23)3-8-21/h2-11,16,25H,12-15H2,1H3. The molecule has 1 aliphatic heterocycles. The van der Waals surface area contributed by atoms with Gasteiger partial charge >= 0.3 is 0 Å². The van der Waals surface area contributed by atoms with E-state index in [-0.39, 0.29) is 9.79 Å². The molecule has 3 aromatic rings. The van der Waals surface area contributed by atoms with Gasteiger partial charge in [0.15, 0.2) is 0 Å². The predicted octanol–water partition coefficient (Wildman–Crippen LogP) is 3.06. The van der Waals surface area contributed by atoms with Gasteiger partial charge in [-0.2, -0.15) is 4.31 Å². The minimum absolute atomic E-state index is 0.107. The summed E-state index contributed by atoms with van der Waals surface area (Å²) in [6.45, 7) is 1.52. The molecule has 0 radical (unpaired) electrons. The fraction of sp³-hybridized carbons (Fsp3) is 0.227. The van der Waals surface area contributed by atoms with Crippen LogP contribution in [0.25, 0.3) is 0 Å². The Kier molecular flexibility index (Phi) is 6.99. The number of sulfonamides is 2. The van der Waals surface area contributed by atoms with Crippen LogP contribution in [-0.2, 0) is 20.0 Å². The maximum Gasteiger partial charge on any atom is 0.261 e. The summed E-state index contributed by atoms with van der Waals surface area (Å²) >= 11 is 5.86. The molecule has 12 heteroatoms. The number of hydrogen-bond donors (Lipinski definition) is 1. The van der Waals surface area contributed by atoms with Crippen LogP contribution >= 0.6 is 11.6 Å². The summed E-state index contributed by atoms with van der Waals surface area (Å²) in [7, 11) is -5.86. The molecule has 0 atom stereocenters. The molecule has 1 aromatic heterocycles. The van der Waals surface area contributed by atoms with Crippen molar-refractivity contribution in [3.63, 3.8) is 0 Å². The fourth-order valence-electron chi connectivity index (χ4n) is 3.52. The minimum Gasteiger partial charge on any atom is -0.497 e. The SMILES string of the molecule is COc1ccc(S(=O)(=O)Nc2ccc(N3CCN(S(=O)(=O)c4ccc(Cl)cc4)CC3)nc2)cc1. The highest BCUT2D eigenvalue weighted by atomic mass is 35.5. The van der Waals surface area contributed by atoms with Crippen molar-refractivity contribution in [2.24, 2.45) is 0 Å². The van der Waals surface area contributed by atoms with Gasteiger partial charge in [-0.05, 0) is 60.7 Å². The maximum absolute atomic E-state index is 12.8. The van der Waals surface area contributed by atoms with E-state index in [2.05, 4.69) is 9.71 Å². The van der Waals surface area contributed by atoms with Crippen molar-refractivity contribution < 1.29 is 21.6 Å². The van der Waals surface area contributed by atoms with Crippen LogP contribution < -0.4 is 14.4 Å². The van der Waals surface area contributed by atoms with Crippen LogP contribution in [-0.4, -0.2) is 59.4 Å². The molecule has 1 aliphatic rings. The third kappa shape index (κ3) is 5.27. The molecule has 0 saturated carbocycles. The number of methoxy groups -OCH3 is 1. The van der Waals surface area contributed by atoms with Crippen LogP contribution in [0.1, 0.15) is 0 Å². The van der Waals surface area contributed by atoms with Gasteiger partial charge < -0.3 is 9.64 Å². The lowest BCUT2D eigenvalue weighted by atomic mass is 10.3. The number of hydrogen-bond acceptors (Lipinski definition) is 7. The Morgan fingerprint density at radius 3 is 2.03 bits per heavy atom. The number of nitrogens with zero attached hydrogens (tertiary/aromatic N) is 3. The zero-order chi connectivity index (χ0) is 24.3. The molecule has 0 unspecified atom stereocenters. The third-order valence-corrected chi connectivity index (χ3v) is 8.95. The Morgan fingerprint density at radius 2 is 1.47 bits per heavy atom. The number of piperazine rings is 1. The summed E-state index contributed by atoms with van der Waals surface area (Å²) < 4.78 is 59.9. The summed E-state index contributed by atoms with van der Waals surface area (Å²) in [6.07, 6.45) is 1.44. The molecule has 0 amide bonds. The molecule has 4 rings (SSSR count). The van der Waals surface area contributed by atoms with E-state index >= 15 is 0 Å². The third-order valence-electron chi connectivity index (χ3n) is 5.38. The smallest absolute Gasteiger partial charge is 0.261 e. The number of anilines is 2. The maximum atomic E-state index is 12.8. The summed E-state index contributed by atoms with van der Waals surface area (Å²) in [5, 5.41) is 0.476. The lowest BCUT2D eigenvalue weighted by Gasteiger charge is -2.34. The van der Waals surface area contributed by atoms with E-state index in [0.29, 0.717) is 48.5 Å². The van der Waals surface area contributed by atoms with Gasteiger partial charge in [0.25, 0.3) is 10.0 Å². The van der Waals surface area contributed by atoms with Gasteiger partial charge in [0.2, 0.25) is 10.0 Å². The molecule has 34 heavy (non-hydrogen) atoms. The minimum atomic E-state index is -3.77. The highest BCUT2D eigenvalue weighted by molar-refractivity contribution is 7.92. The molecule has 2 heterocycles. The Morgan fingerprint density at radius 1 is 0.853 bits per heavy atom. The lowest BCUT2D eigenvalue weighted by Crippen LogP contribution is -2.48. The van der Waals surface area contributed by atoms with Crippen LogP contribution in [0.5, 0.6) is 5.75 Å². The van der Waals surface area contributed by atoms with Gasteiger partial charge in [-0.1, -0.05) is 11.6 Å². The van der Waals surface area contributed by atoms with Crippen molar-refractivity contribution in [2.45, 2.75) is 9.79 Å². The van der Waals surface area contributed by atoms with E-state index in [1.54, 1.807) is 36.4 Å². The van der Waals surface area contributed by atoms with Gasteiger partial charge in [0.05, 0.1) is 28.8 Å². The van der Waals surface area contributed by atoms with Crippen molar-refractivity contribution in [1.82, 2.24) is 9.29 Å². The fourth-order valence-corrected chi connectivity index (χ4v) is 6.11. The summed E-state index contributed by atoms with van der Waals surface area (Å²) in [5.41, 5.74) is 0.323. The zero-order valence-electron chi connectivity index (χ0n) is 18.3. The van der Waals surface area contributed by atoms with Crippen LogP contribution in [0.2, 0.25) is 5.02 Å². The molecule has 1 saturated heterocycles. The number of halogens is 1. The van der Waals surface area contributed by atoms with Crippen LogP contribution in [0.15, 0.2) is 76.7 Å². The quantitative estimate of drug-likeness (QED) is 0.508. The monoisotopic (exact) mass is 522 g/mol. The molecule has 1 N–H and O–H groups in total. The van der Waals surface area contributed by atoms with E-state index in [1.807, 2.05) is 4.90 Å². The van der Waals surface area contributed by atoms with Gasteiger partial charge in [-0.3, -0.25) is 4.72 Å². The summed E-state index contributed by atoms with van der Waals surface area (Å²) in [6, 6.07) is 15.5. The Labute approximate surface area is 204 Å². The Balaban J connectivity index is 1.38. The van der Waals surface area contributed by atoms with Crippen molar-refractivity contribution >= 4 is 43.2 Å². The van der Waals surface area contributed by atoms with Crippen molar-refractivity contribution in [1.29, 1.82) is 0 Å². The lowest BCUT2D eigenvalue weighted by molar-refractivity contribution is 0.384. The Bertz CT molecular complexity index is 1340. The average Bonchev–Trinajstić information content (AvgIpc) is 2.85. The first-order chi connectivity index (χ1) is 16.2. The predicted molar refractivity (Wildman–Crippen MR) is 130 cm³/mol. The van der Waals surface area contributed by atoms with Gasteiger partial charge in [-0.25, -0.2) is 21.8 Å². The van der Waals surface area contributed by atoms with Crippen molar-refractivity contribution in [2.75, 3.05) is 42.9 Å². The molecular weight excluding hydrogens is 500 g/mol. The van der Waals surface area contributed by atoms with E-state index in [4.69, 9.17) is 16.3 Å². The number of aromatic nitrogens is 1. The second kappa shape index (κ2) is 9.79. The topological polar surface area (TPSA) is 109 Å². The molecular formula is C22H23ClN4O5S2. The molecule has 180 valence electrons. The van der Waals surface area contributed by atoms with Crippen LogP contribution in [0.3, 0.4) is 0 Å². The van der Waals surface area contributed by atoms with Gasteiger partial charge in [0, 0.05) is 31.2 Å². The second-order valence-electron chi connectivity index (χ2n) is 7.53. The van der Waals surface area contributed by atoms with Crippen LogP contribution in [0, 0.1) is 0 Å². The molecule has 2 aromatic carbocycles. The first kappa shape index (κ1) is 24.3. The number of ether oxygens (including phenoxy) is 1. The molecule has 9 nitrogen and oxygen atoms in total. The first-order valence-electron chi connectivity index (χ1n) is 10.3. The van der Waals surface area contributed by atoms with Crippen LogP contribution in [0.4, 0.5) is 11.5 Å². The summed E-state index contributed by atoms with van der Waals surface area (Å²) in [4.78, 5) is 6.63. The van der Waals surface area contributed by atoms with Gasteiger partial charge in [0.1, 0.15) is 11.6 Å². The Hall–Kier alpha value is -2.86. The molecule has 0 bridgehead atoms. The normalized spacial score (nSPS) is 15.2. The average molecular weight is 523 g/mol. The number of pyridine rings is 1. The number of rotatable bonds is 7. The molecule has 0 aliphatic carbocycles. The highest BCUT2D eigenvalue weighted by Gasteiger charge is 2.29. The van der Waals surface area contributed by atoms with Crippen molar-refractivity contribution in [3.05, 3.63) is 71.9 Å². The van der Waals surface area contributed by atoms with E-state index in [1.165, 1.54) is 41.9 Å². The highest BCUT2D eigenvalue weighted by Crippen LogP contribution is 2.23. The number of benzene rings is 2.